The topological polar surface area (TPSA) is 208 Å². The second-order valence-corrected chi connectivity index (χ2v) is 9.44. The van der Waals surface area contributed by atoms with E-state index < -0.39 is 84.1 Å². The number of esters is 2. The Morgan fingerprint density at radius 2 is 1.59 bits per heavy atom. The molecule has 0 aromatic rings. The number of hydrogen-bond donors (Lipinski definition) is 4. The molecule has 0 saturated carbocycles. The number of ether oxygens (including phenoxy) is 2. The van der Waals surface area contributed by atoms with Crippen LogP contribution in [0.1, 0.15) is 66.7 Å². The van der Waals surface area contributed by atoms with E-state index >= 15 is 0 Å². The number of aliphatic hydroxyl groups is 1. The molecule has 208 valence electrons. The van der Waals surface area contributed by atoms with Crippen LogP contribution in [0.15, 0.2) is 0 Å². The van der Waals surface area contributed by atoms with E-state index in [1.165, 1.54) is 34.6 Å². The number of Topliss-reactive ketones (excluding diaryl/α,β-unsaturated/α-hetero) is 2. The number of primary amides is 1. The standard InChI is InChI=1S/C24H37N3O10/c1-11-9-17(30)20(26-24(35)16(13(3)29)10-12(2)28)14(4)36-18(31)7-6-8-19(32)37-15(5)21(22(25)33)27-23(11)34/h11,13-16,20-21,29H,6-10H2,1-5H3,(H2,25,33)(H,26,35)(H,27,34)/t11-,13?,14?,15?,16+,20+,21+/m1/s1. The number of cyclic esters (lactones) is 2. The fraction of sp³-hybridized carbons (Fsp3) is 0.708. The Kier molecular flexibility index (Phi) is 12.3. The summed E-state index contributed by atoms with van der Waals surface area (Å²) in [6.07, 6.45) is -4.55. The normalized spacial score (nSPS) is 28.2. The summed E-state index contributed by atoms with van der Waals surface area (Å²) in [6, 6.07) is -2.76. The van der Waals surface area contributed by atoms with Crippen molar-refractivity contribution in [2.45, 2.75) is 97.1 Å². The van der Waals surface area contributed by atoms with Crippen LogP contribution in [0, 0.1) is 11.8 Å². The fourth-order valence-electron chi connectivity index (χ4n) is 3.79. The minimum Gasteiger partial charge on any atom is -0.460 e. The van der Waals surface area contributed by atoms with Crippen LogP contribution in [-0.4, -0.2) is 76.7 Å². The highest BCUT2D eigenvalue weighted by molar-refractivity contribution is 5.95. The van der Waals surface area contributed by atoms with Crippen LogP contribution < -0.4 is 16.4 Å². The molecule has 0 aromatic carbocycles. The van der Waals surface area contributed by atoms with E-state index in [0.717, 1.165) is 0 Å². The van der Waals surface area contributed by atoms with Gasteiger partial charge >= 0.3 is 11.9 Å². The Balaban J connectivity index is 3.25. The van der Waals surface area contributed by atoms with Crippen molar-refractivity contribution in [3.8, 4) is 0 Å². The lowest BCUT2D eigenvalue weighted by Crippen LogP contribution is -2.54. The van der Waals surface area contributed by atoms with Gasteiger partial charge in [0.25, 0.3) is 0 Å². The summed E-state index contributed by atoms with van der Waals surface area (Å²) in [5.74, 6) is -7.14. The smallest absolute Gasteiger partial charge is 0.306 e. The highest BCUT2D eigenvalue weighted by Crippen LogP contribution is 2.16. The molecular formula is C24H37N3O10. The zero-order valence-electron chi connectivity index (χ0n) is 21.8. The predicted octanol–water partition coefficient (Wildman–Crippen LogP) is -0.940. The van der Waals surface area contributed by atoms with Crippen molar-refractivity contribution in [1.29, 1.82) is 0 Å². The van der Waals surface area contributed by atoms with Crippen molar-refractivity contribution < 1.29 is 48.1 Å². The fourth-order valence-corrected chi connectivity index (χ4v) is 3.79. The third-order valence-electron chi connectivity index (χ3n) is 5.97. The number of hydrogen-bond acceptors (Lipinski definition) is 10. The molecular weight excluding hydrogens is 490 g/mol. The summed E-state index contributed by atoms with van der Waals surface area (Å²) >= 11 is 0. The molecule has 0 aromatic heterocycles. The number of nitrogens with one attached hydrogen (secondary N) is 2. The maximum atomic E-state index is 13.2. The highest BCUT2D eigenvalue weighted by Gasteiger charge is 2.36. The first kappa shape index (κ1) is 31.7. The number of nitrogens with two attached hydrogens (primary N) is 1. The maximum absolute atomic E-state index is 13.2. The summed E-state index contributed by atoms with van der Waals surface area (Å²) in [5.41, 5.74) is 5.36. The first-order valence-electron chi connectivity index (χ1n) is 12.1. The molecule has 7 atom stereocenters. The number of carbonyl (C=O) groups excluding carboxylic acids is 7. The molecule has 1 rings (SSSR count). The average molecular weight is 528 g/mol. The molecule has 3 unspecified atom stereocenters. The van der Waals surface area contributed by atoms with E-state index in [2.05, 4.69) is 10.6 Å². The Morgan fingerprint density at radius 3 is 2.08 bits per heavy atom. The van der Waals surface area contributed by atoms with Gasteiger partial charge in [0.1, 0.15) is 30.1 Å². The van der Waals surface area contributed by atoms with Gasteiger partial charge in [0.05, 0.1) is 12.0 Å². The van der Waals surface area contributed by atoms with Crippen LogP contribution in [0.2, 0.25) is 0 Å². The second-order valence-electron chi connectivity index (χ2n) is 9.44. The molecule has 0 radical (unpaired) electrons. The summed E-state index contributed by atoms with van der Waals surface area (Å²) < 4.78 is 10.5. The first-order valence-corrected chi connectivity index (χ1v) is 12.1. The third-order valence-corrected chi connectivity index (χ3v) is 5.97. The molecule has 3 amide bonds. The predicted molar refractivity (Wildman–Crippen MR) is 127 cm³/mol. The van der Waals surface area contributed by atoms with Crippen molar-refractivity contribution in [2.75, 3.05) is 0 Å². The molecule has 1 aliphatic heterocycles. The number of aliphatic hydroxyl groups excluding tert-OH is 1. The Bertz CT molecular complexity index is 903. The summed E-state index contributed by atoms with van der Waals surface area (Å²) in [5, 5.41) is 14.8. The third kappa shape index (κ3) is 10.3. The van der Waals surface area contributed by atoms with Crippen LogP contribution in [0.4, 0.5) is 0 Å². The summed E-state index contributed by atoms with van der Waals surface area (Å²) in [7, 11) is 0. The lowest BCUT2D eigenvalue weighted by Gasteiger charge is -2.28. The SMILES string of the molecule is CC(=O)C[C@H](C(=O)N[C@@H]1C(=O)C[C@@H](C)C(=O)N[C@H](C(N)=O)C(C)OC(=O)CCCC(=O)OC1C)C(C)O. The van der Waals surface area contributed by atoms with Crippen molar-refractivity contribution in [3.05, 3.63) is 0 Å². The Morgan fingerprint density at radius 1 is 1.05 bits per heavy atom. The molecule has 1 fully saturated rings. The molecule has 0 bridgehead atoms. The van der Waals surface area contributed by atoms with E-state index in [9.17, 15) is 38.7 Å². The zero-order valence-corrected chi connectivity index (χ0v) is 21.8. The molecule has 13 heteroatoms. The molecule has 1 aliphatic rings. The van der Waals surface area contributed by atoms with Gasteiger partial charge < -0.3 is 35.7 Å². The second kappa shape index (κ2) is 14.4. The minimum atomic E-state index is -1.40. The molecule has 5 N–H and O–H groups in total. The largest absolute Gasteiger partial charge is 0.460 e. The number of rotatable bonds is 6. The van der Waals surface area contributed by atoms with Crippen molar-refractivity contribution >= 4 is 41.2 Å². The van der Waals surface area contributed by atoms with Crippen molar-refractivity contribution in [2.24, 2.45) is 17.6 Å². The van der Waals surface area contributed by atoms with Gasteiger partial charge in [0.2, 0.25) is 17.7 Å². The lowest BCUT2D eigenvalue weighted by molar-refractivity contribution is -0.154. The molecule has 0 spiro atoms. The molecule has 1 heterocycles. The van der Waals surface area contributed by atoms with Gasteiger partial charge in [-0.3, -0.25) is 28.8 Å². The maximum Gasteiger partial charge on any atom is 0.306 e. The van der Waals surface area contributed by atoms with Gasteiger partial charge in [-0.1, -0.05) is 6.92 Å². The van der Waals surface area contributed by atoms with Gasteiger partial charge in [-0.15, -0.1) is 0 Å². The van der Waals surface area contributed by atoms with Gasteiger partial charge in [0.15, 0.2) is 5.78 Å². The van der Waals surface area contributed by atoms with Gasteiger partial charge in [-0.2, -0.15) is 0 Å². The van der Waals surface area contributed by atoms with Gasteiger partial charge in [0, 0.05) is 31.6 Å². The van der Waals surface area contributed by atoms with Crippen LogP contribution >= 0.6 is 0 Å². The quantitative estimate of drug-likeness (QED) is 0.312. The van der Waals surface area contributed by atoms with E-state index in [0.29, 0.717) is 0 Å². The summed E-state index contributed by atoms with van der Waals surface area (Å²) in [6.45, 7) is 6.71. The van der Waals surface area contributed by atoms with Gasteiger partial charge in [-0.05, 0) is 34.1 Å². The minimum absolute atomic E-state index is 0.0371. The molecule has 0 aliphatic carbocycles. The van der Waals surface area contributed by atoms with Crippen molar-refractivity contribution in [1.82, 2.24) is 10.6 Å². The lowest BCUT2D eigenvalue weighted by atomic mass is 9.93. The monoisotopic (exact) mass is 527 g/mol. The first-order chi connectivity index (χ1) is 17.1. The van der Waals surface area contributed by atoms with E-state index in [-0.39, 0.29) is 31.5 Å². The molecule has 1 saturated heterocycles. The highest BCUT2D eigenvalue weighted by atomic mass is 16.5. The molecule has 13 nitrogen and oxygen atoms in total. The average Bonchev–Trinajstić information content (AvgIpc) is 2.77. The van der Waals surface area contributed by atoms with Crippen LogP contribution in [0.5, 0.6) is 0 Å². The number of carbonyl (C=O) groups is 7. The Hall–Kier alpha value is -3.35. The van der Waals surface area contributed by atoms with Crippen LogP contribution in [0.25, 0.3) is 0 Å². The molecule has 37 heavy (non-hydrogen) atoms. The van der Waals surface area contributed by atoms with Gasteiger partial charge in [-0.25, -0.2) is 0 Å². The summed E-state index contributed by atoms with van der Waals surface area (Å²) in [4.78, 5) is 86.6. The van der Waals surface area contributed by atoms with E-state index in [1.54, 1.807) is 0 Å². The Labute approximate surface area is 215 Å². The number of ketones is 2. The van der Waals surface area contributed by atoms with Crippen molar-refractivity contribution in [3.63, 3.8) is 0 Å². The zero-order chi connectivity index (χ0) is 28.4. The number of amides is 3. The van der Waals surface area contributed by atoms with Crippen LogP contribution in [-0.2, 0) is 43.0 Å². The van der Waals surface area contributed by atoms with E-state index in [1.807, 2.05) is 0 Å². The van der Waals surface area contributed by atoms with Crippen LogP contribution in [0.3, 0.4) is 0 Å². The van der Waals surface area contributed by atoms with E-state index in [4.69, 9.17) is 15.2 Å².